The molecule has 0 unspecified atom stereocenters. The molecule has 1 N–H and O–H groups in total. The van der Waals surface area contributed by atoms with E-state index in [2.05, 4.69) is 10.4 Å². The summed E-state index contributed by atoms with van der Waals surface area (Å²) in [6, 6.07) is 7.84. The highest BCUT2D eigenvalue weighted by Crippen LogP contribution is 2.24. The maximum atomic E-state index is 12.7. The van der Waals surface area contributed by atoms with Crippen LogP contribution >= 0.6 is 11.6 Å². The molecule has 2 heterocycles. The second kappa shape index (κ2) is 7.02. The van der Waals surface area contributed by atoms with Crippen LogP contribution < -0.4 is 10.1 Å². The minimum Gasteiger partial charge on any atom is -0.497 e. The summed E-state index contributed by atoms with van der Waals surface area (Å²) in [5.41, 5.74) is 1.09. The second-order valence-electron chi connectivity index (χ2n) is 5.44. The van der Waals surface area contributed by atoms with Gasteiger partial charge in [-0.2, -0.15) is 5.10 Å². The van der Waals surface area contributed by atoms with Crippen molar-refractivity contribution in [2.75, 3.05) is 26.7 Å². The first kappa shape index (κ1) is 15.8. The summed E-state index contributed by atoms with van der Waals surface area (Å²) in [6.45, 7) is 2.39. The Kier molecular flexibility index (Phi) is 4.83. The fourth-order valence-electron chi connectivity index (χ4n) is 2.78. The van der Waals surface area contributed by atoms with Gasteiger partial charge in [0.1, 0.15) is 12.3 Å². The number of hydrogen-bond donors (Lipinski definition) is 1. The highest BCUT2D eigenvalue weighted by Gasteiger charge is 2.28. The number of halogens is 1. The molecule has 0 radical (unpaired) electrons. The summed E-state index contributed by atoms with van der Waals surface area (Å²) in [7, 11) is 1.64. The number of hydrogen-bond acceptors (Lipinski definition) is 4. The van der Waals surface area contributed by atoms with Crippen molar-refractivity contribution in [3.63, 3.8) is 0 Å². The molecule has 23 heavy (non-hydrogen) atoms. The zero-order valence-electron chi connectivity index (χ0n) is 12.9. The van der Waals surface area contributed by atoms with E-state index in [1.807, 2.05) is 29.2 Å². The molecule has 1 aliphatic heterocycles. The average Bonchev–Trinajstić information content (AvgIpc) is 3.00. The van der Waals surface area contributed by atoms with Crippen LogP contribution in [0.25, 0.3) is 0 Å². The second-order valence-corrected chi connectivity index (χ2v) is 5.87. The lowest BCUT2D eigenvalue weighted by molar-refractivity contribution is -0.135. The molecule has 1 aliphatic rings. The number of aromatic nitrogens is 2. The van der Waals surface area contributed by atoms with Crippen LogP contribution in [-0.2, 0) is 11.3 Å². The van der Waals surface area contributed by atoms with E-state index in [1.54, 1.807) is 18.0 Å². The van der Waals surface area contributed by atoms with Crippen molar-refractivity contribution in [1.29, 1.82) is 0 Å². The van der Waals surface area contributed by atoms with Crippen LogP contribution in [-0.4, -0.2) is 47.3 Å². The molecule has 1 amide bonds. The Bertz CT molecular complexity index is 671. The van der Waals surface area contributed by atoms with E-state index < -0.39 is 0 Å². The fraction of sp³-hybridized carbons (Fsp3) is 0.375. The quantitative estimate of drug-likeness (QED) is 0.925. The van der Waals surface area contributed by atoms with Crippen LogP contribution in [0, 0.1) is 0 Å². The van der Waals surface area contributed by atoms with E-state index in [-0.39, 0.29) is 18.5 Å². The number of amides is 1. The first-order chi connectivity index (χ1) is 11.2. The van der Waals surface area contributed by atoms with Crippen molar-refractivity contribution in [2.24, 2.45) is 0 Å². The van der Waals surface area contributed by atoms with E-state index in [9.17, 15) is 4.79 Å². The van der Waals surface area contributed by atoms with Gasteiger partial charge in [0.25, 0.3) is 0 Å². The van der Waals surface area contributed by atoms with Crippen LogP contribution in [0.4, 0.5) is 0 Å². The predicted octanol–water partition coefficient (Wildman–Crippen LogP) is 1.72. The van der Waals surface area contributed by atoms with Crippen LogP contribution in [0.2, 0.25) is 5.02 Å². The van der Waals surface area contributed by atoms with Gasteiger partial charge in [-0.3, -0.25) is 9.48 Å². The molecule has 0 spiro atoms. The van der Waals surface area contributed by atoms with E-state index in [0.717, 1.165) is 24.4 Å². The van der Waals surface area contributed by atoms with Crippen LogP contribution in [0.3, 0.4) is 0 Å². The van der Waals surface area contributed by atoms with Gasteiger partial charge in [-0.25, -0.2) is 0 Å². The molecule has 1 atom stereocenters. The van der Waals surface area contributed by atoms with Gasteiger partial charge in [0, 0.05) is 25.8 Å². The van der Waals surface area contributed by atoms with Gasteiger partial charge in [-0.05, 0) is 17.7 Å². The summed E-state index contributed by atoms with van der Waals surface area (Å²) in [5.74, 6) is 0.841. The molecule has 1 aromatic carbocycles. The number of rotatable bonds is 4. The van der Waals surface area contributed by atoms with Gasteiger partial charge in [-0.15, -0.1) is 0 Å². The largest absolute Gasteiger partial charge is 0.497 e. The number of ether oxygens (including phenoxy) is 1. The molecular formula is C16H19ClN4O2. The third kappa shape index (κ3) is 3.65. The Morgan fingerprint density at radius 1 is 1.43 bits per heavy atom. The highest BCUT2D eigenvalue weighted by atomic mass is 35.5. The highest BCUT2D eigenvalue weighted by molar-refractivity contribution is 6.30. The Balaban J connectivity index is 1.75. The molecule has 122 valence electrons. The zero-order valence-corrected chi connectivity index (χ0v) is 13.7. The molecule has 1 fully saturated rings. The SMILES string of the molecule is COc1ccc([C@H]2CNCCN2C(=O)Cn2cc(Cl)cn2)cc1. The molecule has 0 bridgehead atoms. The molecule has 3 rings (SSSR count). The molecular weight excluding hydrogens is 316 g/mol. The topological polar surface area (TPSA) is 59.4 Å². The number of piperazine rings is 1. The van der Waals surface area contributed by atoms with Gasteiger partial charge >= 0.3 is 0 Å². The number of benzene rings is 1. The first-order valence-electron chi connectivity index (χ1n) is 7.49. The molecule has 0 aliphatic carbocycles. The molecule has 7 heteroatoms. The number of methoxy groups -OCH3 is 1. The predicted molar refractivity (Wildman–Crippen MR) is 87.6 cm³/mol. The summed E-state index contributed by atoms with van der Waals surface area (Å²) in [6.07, 6.45) is 3.19. The van der Waals surface area contributed by atoms with Crippen LogP contribution in [0.15, 0.2) is 36.7 Å². The maximum Gasteiger partial charge on any atom is 0.244 e. The Morgan fingerprint density at radius 2 is 2.22 bits per heavy atom. The van der Waals surface area contributed by atoms with Crippen molar-refractivity contribution < 1.29 is 9.53 Å². The molecule has 1 aromatic heterocycles. The molecule has 6 nitrogen and oxygen atoms in total. The third-order valence-electron chi connectivity index (χ3n) is 3.96. The third-order valence-corrected chi connectivity index (χ3v) is 4.16. The fourth-order valence-corrected chi connectivity index (χ4v) is 2.94. The average molecular weight is 335 g/mol. The Morgan fingerprint density at radius 3 is 2.87 bits per heavy atom. The molecule has 1 saturated heterocycles. The van der Waals surface area contributed by atoms with Crippen molar-refractivity contribution in [1.82, 2.24) is 20.0 Å². The minimum atomic E-state index is 0.00758. The van der Waals surface area contributed by atoms with Crippen molar-refractivity contribution in [2.45, 2.75) is 12.6 Å². The lowest BCUT2D eigenvalue weighted by atomic mass is 10.0. The van der Waals surface area contributed by atoms with Gasteiger partial charge in [0.05, 0.1) is 24.4 Å². The lowest BCUT2D eigenvalue weighted by Crippen LogP contribution is -2.49. The van der Waals surface area contributed by atoms with E-state index >= 15 is 0 Å². The number of carbonyl (C=O) groups excluding carboxylic acids is 1. The van der Waals surface area contributed by atoms with E-state index in [4.69, 9.17) is 16.3 Å². The number of carbonyl (C=O) groups is 1. The number of nitrogens with zero attached hydrogens (tertiary/aromatic N) is 3. The van der Waals surface area contributed by atoms with Gasteiger partial charge in [-0.1, -0.05) is 23.7 Å². The normalized spacial score (nSPS) is 18.0. The zero-order chi connectivity index (χ0) is 16.2. The van der Waals surface area contributed by atoms with Gasteiger partial charge in [0.2, 0.25) is 5.91 Å². The smallest absolute Gasteiger partial charge is 0.244 e. The summed E-state index contributed by atoms with van der Waals surface area (Å²) >= 11 is 5.85. The van der Waals surface area contributed by atoms with Crippen molar-refractivity contribution in [3.05, 3.63) is 47.2 Å². The van der Waals surface area contributed by atoms with Crippen LogP contribution in [0.1, 0.15) is 11.6 Å². The van der Waals surface area contributed by atoms with Gasteiger partial charge < -0.3 is 15.0 Å². The number of nitrogens with one attached hydrogen (secondary N) is 1. The monoisotopic (exact) mass is 334 g/mol. The Hall–Kier alpha value is -2.05. The summed E-state index contributed by atoms with van der Waals surface area (Å²) < 4.78 is 6.76. The minimum absolute atomic E-state index is 0.00758. The summed E-state index contributed by atoms with van der Waals surface area (Å²) in [5, 5.41) is 7.95. The first-order valence-corrected chi connectivity index (χ1v) is 7.87. The lowest BCUT2D eigenvalue weighted by Gasteiger charge is -2.36. The maximum absolute atomic E-state index is 12.7. The molecule has 2 aromatic rings. The standard InChI is InChI=1S/C16H19ClN4O2/c1-23-14-4-2-12(3-5-14)15-9-18-6-7-21(15)16(22)11-20-10-13(17)8-19-20/h2-5,8,10,15,18H,6-7,9,11H2,1H3/t15-/m1/s1. The van der Waals surface area contributed by atoms with Crippen LogP contribution in [0.5, 0.6) is 5.75 Å². The van der Waals surface area contributed by atoms with Crippen molar-refractivity contribution in [3.8, 4) is 5.75 Å². The molecule has 0 saturated carbocycles. The van der Waals surface area contributed by atoms with E-state index in [1.165, 1.54) is 6.20 Å². The summed E-state index contributed by atoms with van der Waals surface area (Å²) in [4.78, 5) is 14.5. The van der Waals surface area contributed by atoms with E-state index in [0.29, 0.717) is 11.6 Å². The Labute approximate surface area is 140 Å². The van der Waals surface area contributed by atoms with Crippen molar-refractivity contribution >= 4 is 17.5 Å². The van der Waals surface area contributed by atoms with Gasteiger partial charge in [0.15, 0.2) is 0 Å².